The Morgan fingerprint density at radius 1 is 1.15 bits per heavy atom. The number of anilines is 1. The van der Waals surface area contributed by atoms with Gasteiger partial charge in [0.2, 0.25) is 5.89 Å². The second-order valence-corrected chi connectivity index (χ2v) is 9.20. The van der Waals surface area contributed by atoms with Crippen molar-refractivity contribution in [3.8, 4) is 17.2 Å². The topological polar surface area (TPSA) is 76.4 Å². The molecule has 4 aromatic rings. The van der Waals surface area contributed by atoms with Crippen molar-refractivity contribution in [1.29, 1.82) is 0 Å². The SMILES string of the molecule is COc1c(C)cc(Br)cc1C(=O)NC(=S)Nc1cc(-c2nc3cc(Cl)ccc3o2)ccc1Cl. The number of methoxy groups -OCH3 is 1. The lowest BCUT2D eigenvalue weighted by Gasteiger charge is -2.14. The quantitative estimate of drug-likeness (QED) is 0.260. The molecule has 1 heterocycles. The predicted molar refractivity (Wildman–Crippen MR) is 139 cm³/mol. The molecule has 0 spiro atoms. The van der Waals surface area contributed by atoms with Gasteiger partial charge in [-0.2, -0.15) is 0 Å². The largest absolute Gasteiger partial charge is 0.496 e. The van der Waals surface area contributed by atoms with Gasteiger partial charge in [0, 0.05) is 15.1 Å². The van der Waals surface area contributed by atoms with E-state index in [-0.39, 0.29) is 5.11 Å². The molecule has 1 amide bonds. The van der Waals surface area contributed by atoms with Crippen molar-refractivity contribution in [2.45, 2.75) is 6.92 Å². The van der Waals surface area contributed by atoms with Gasteiger partial charge in [0.25, 0.3) is 5.91 Å². The summed E-state index contributed by atoms with van der Waals surface area (Å²) in [7, 11) is 1.51. The molecule has 0 aliphatic carbocycles. The molecular formula is C23H16BrCl2N3O3S. The summed E-state index contributed by atoms with van der Waals surface area (Å²) >= 11 is 21.1. The van der Waals surface area contributed by atoms with E-state index in [9.17, 15) is 4.79 Å². The number of ether oxygens (including phenoxy) is 1. The van der Waals surface area contributed by atoms with Crippen LogP contribution in [0.15, 0.2) is 57.4 Å². The van der Waals surface area contributed by atoms with Crippen molar-refractivity contribution in [1.82, 2.24) is 10.3 Å². The molecule has 0 aliphatic rings. The summed E-state index contributed by atoms with van der Waals surface area (Å²) in [6, 6.07) is 13.9. The Morgan fingerprint density at radius 2 is 1.94 bits per heavy atom. The Labute approximate surface area is 213 Å². The van der Waals surface area contributed by atoms with Gasteiger partial charge < -0.3 is 14.5 Å². The molecule has 2 N–H and O–H groups in total. The van der Waals surface area contributed by atoms with Crippen molar-refractivity contribution in [3.63, 3.8) is 0 Å². The molecule has 0 aliphatic heterocycles. The summed E-state index contributed by atoms with van der Waals surface area (Å²) in [5.74, 6) is 0.447. The first-order valence-corrected chi connectivity index (χ1v) is 11.5. The summed E-state index contributed by atoms with van der Waals surface area (Å²) in [5, 5.41) is 6.66. The van der Waals surface area contributed by atoms with E-state index in [1.165, 1.54) is 7.11 Å². The molecule has 4 rings (SSSR count). The number of nitrogens with zero attached hydrogens (tertiary/aromatic N) is 1. The molecular weight excluding hydrogens is 549 g/mol. The number of thiocarbonyl (C=S) groups is 1. The van der Waals surface area contributed by atoms with Crippen LogP contribution in [0.1, 0.15) is 15.9 Å². The number of hydrogen-bond acceptors (Lipinski definition) is 5. The number of benzene rings is 3. The van der Waals surface area contributed by atoms with Crippen LogP contribution in [0.2, 0.25) is 10.0 Å². The molecule has 10 heteroatoms. The zero-order chi connectivity index (χ0) is 23.7. The van der Waals surface area contributed by atoms with Crippen LogP contribution >= 0.6 is 51.3 Å². The number of carbonyl (C=O) groups is 1. The van der Waals surface area contributed by atoms with Crippen LogP contribution in [0.3, 0.4) is 0 Å². The van der Waals surface area contributed by atoms with Gasteiger partial charge in [0.1, 0.15) is 11.3 Å². The third kappa shape index (κ3) is 5.14. The molecule has 1 aromatic heterocycles. The Bertz CT molecular complexity index is 1410. The Kier molecular flexibility index (Phi) is 6.90. The van der Waals surface area contributed by atoms with Crippen LogP contribution < -0.4 is 15.4 Å². The standard InChI is InChI=1S/C23H16BrCl2N3O3S/c1-11-7-13(24)9-15(20(11)31-2)21(30)29-23(33)28-17-8-12(3-5-16(17)26)22-27-18-10-14(25)4-6-19(18)32-22/h3-10H,1-2H3,(H2,28,29,30,33). The van der Waals surface area contributed by atoms with Crippen molar-refractivity contribution in [3.05, 3.63) is 74.2 Å². The normalized spacial score (nSPS) is 10.8. The molecule has 0 unspecified atom stereocenters. The highest BCUT2D eigenvalue weighted by Crippen LogP contribution is 2.31. The molecule has 0 fully saturated rings. The lowest BCUT2D eigenvalue weighted by molar-refractivity contribution is 0.0974. The van der Waals surface area contributed by atoms with E-state index in [4.69, 9.17) is 44.6 Å². The molecule has 33 heavy (non-hydrogen) atoms. The van der Waals surface area contributed by atoms with Gasteiger partial charge in [-0.3, -0.25) is 10.1 Å². The molecule has 168 valence electrons. The summed E-state index contributed by atoms with van der Waals surface area (Å²) < 4.78 is 11.9. The van der Waals surface area contributed by atoms with Gasteiger partial charge in [-0.1, -0.05) is 39.1 Å². The molecule has 6 nitrogen and oxygen atoms in total. The van der Waals surface area contributed by atoms with Gasteiger partial charge >= 0.3 is 0 Å². The van der Waals surface area contributed by atoms with Gasteiger partial charge in [-0.05, 0) is 73.2 Å². The molecule has 0 saturated heterocycles. The maximum absolute atomic E-state index is 12.8. The van der Waals surface area contributed by atoms with Crippen molar-refractivity contribution < 1.29 is 13.9 Å². The highest BCUT2D eigenvalue weighted by Gasteiger charge is 2.18. The van der Waals surface area contributed by atoms with Crippen LogP contribution in [-0.4, -0.2) is 23.1 Å². The summed E-state index contributed by atoms with van der Waals surface area (Å²) in [6.45, 7) is 1.85. The molecule has 0 atom stereocenters. The average Bonchev–Trinajstić information content (AvgIpc) is 3.17. The first-order valence-electron chi connectivity index (χ1n) is 9.57. The highest BCUT2D eigenvalue weighted by atomic mass is 79.9. The number of amides is 1. The van der Waals surface area contributed by atoms with Crippen LogP contribution in [0, 0.1) is 6.92 Å². The number of hydrogen-bond donors (Lipinski definition) is 2. The van der Waals surface area contributed by atoms with Crippen molar-refractivity contribution in [2.24, 2.45) is 0 Å². The Morgan fingerprint density at radius 3 is 2.70 bits per heavy atom. The van der Waals surface area contributed by atoms with Gasteiger partial charge in [0.05, 0.1) is 23.4 Å². The average molecular weight is 565 g/mol. The monoisotopic (exact) mass is 563 g/mol. The number of nitrogens with one attached hydrogen (secondary N) is 2. The minimum Gasteiger partial charge on any atom is -0.496 e. The summed E-state index contributed by atoms with van der Waals surface area (Å²) in [6.07, 6.45) is 0. The fourth-order valence-electron chi connectivity index (χ4n) is 3.27. The van der Waals surface area contributed by atoms with Gasteiger partial charge in [-0.25, -0.2) is 4.98 Å². The zero-order valence-corrected chi connectivity index (χ0v) is 21.2. The number of aryl methyl sites for hydroxylation is 1. The Balaban J connectivity index is 1.55. The summed E-state index contributed by atoms with van der Waals surface area (Å²) in [4.78, 5) is 17.3. The lowest BCUT2D eigenvalue weighted by atomic mass is 10.1. The maximum atomic E-state index is 12.8. The van der Waals surface area contributed by atoms with Gasteiger partial charge in [-0.15, -0.1) is 0 Å². The van der Waals surface area contributed by atoms with Crippen LogP contribution in [0.5, 0.6) is 5.75 Å². The smallest absolute Gasteiger partial charge is 0.261 e. The second-order valence-electron chi connectivity index (χ2n) is 7.04. The number of rotatable bonds is 4. The van der Waals surface area contributed by atoms with Crippen LogP contribution in [0.4, 0.5) is 5.69 Å². The van der Waals surface area contributed by atoms with E-state index in [2.05, 4.69) is 31.5 Å². The molecule has 0 bridgehead atoms. The maximum Gasteiger partial charge on any atom is 0.261 e. The molecule has 3 aromatic carbocycles. The zero-order valence-electron chi connectivity index (χ0n) is 17.3. The number of aromatic nitrogens is 1. The Hall–Kier alpha value is -2.65. The van der Waals surface area contributed by atoms with E-state index in [0.717, 1.165) is 10.0 Å². The van der Waals surface area contributed by atoms with Crippen molar-refractivity contribution in [2.75, 3.05) is 12.4 Å². The third-order valence-electron chi connectivity index (χ3n) is 4.73. The lowest BCUT2D eigenvalue weighted by Crippen LogP contribution is -2.34. The van der Waals surface area contributed by atoms with E-state index in [1.807, 2.05) is 13.0 Å². The summed E-state index contributed by atoms with van der Waals surface area (Å²) in [5.41, 5.74) is 3.57. The number of carbonyl (C=O) groups excluding carboxylic acids is 1. The fourth-order valence-corrected chi connectivity index (χ4v) is 4.38. The number of oxazole rings is 1. The minimum absolute atomic E-state index is 0.0723. The predicted octanol–water partition coefficient (Wildman–Crippen LogP) is 7.01. The first-order chi connectivity index (χ1) is 15.7. The first kappa shape index (κ1) is 23.5. The van der Waals surface area contributed by atoms with Crippen LogP contribution in [-0.2, 0) is 0 Å². The minimum atomic E-state index is -0.420. The van der Waals surface area contributed by atoms with E-state index >= 15 is 0 Å². The van der Waals surface area contributed by atoms with E-state index in [1.54, 1.807) is 42.5 Å². The van der Waals surface area contributed by atoms with Crippen LogP contribution in [0.25, 0.3) is 22.6 Å². The van der Waals surface area contributed by atoms with Gasteiger partial charge in [0.15, 0.2) is 10.7 Å². The van der Waals surface area contributed by atoms with E-state index < -0.39 is 5.91 Å². The van der Waals surface area contributed by atoms with Crippen molar-refractivity contribution >= 4 is 79.2 Å². The number of fused-ring (bicyclic) bond motifs is 1. The number of halogens is 3. The fraction of sp³-hybridized carbons (Fsp3) is 0.0870. The van der Waals surface area contributed by atoms with E-state index in [0.29, 0.717) is 49.6 Å². The second kappa shape index (κ2) is 9.69. The molecule has 0 radical (unpaired) electrons. The molecule has 0 saturated carbocycles. The highest BCUT2D eigenvalue weighted by molar-refractivity contribution is 9.10. The third-order valence-corrected chi connectivity index (χ3v) is 5.95.